The Labute approximate surface area is 236 Å². The van der Waals surface area contributed by atoms with Gasteiger partial charge in [-0.25, -0.2) is 9.78 Å². The molecule has 39 heavy (non-hydrogen) atoms. The van der Waals surface area contributed by atoms with Gasteiger partial charge in [0.1, 0.15) is 5.82 Å². The lowest BCUT2D eigenvalue weighted by molar-refractivity contribution is 0.250. The maximum absolute atomic E-state index is 12.5. The number of aromatic nitrogens is 5. The summed E-state index contributed by atoms with van der Waals surface area (Å²) >= 11 is 0. The van der Waals surface area contributed by atoms with Crippen LogP contribution in [0.25, 0.3) is 11.2 Å². The van der Waals surface area contributed by atoms with E-state index >= 15 is 0 Å². The van der Waals surface area contributed by atoms with Crippen LogP contribution >= 0.6 is 0 Å². The van der Waals surface area contributed by atoms with Crippen LogP contribution in [-0.2, 0) is 27.6 Å². The van der Waals surface area contributed by atoms with Crippen LogP contribution in [-0.4, -0.2) is 41.7 Å². The van der Waals surface area contributed by atoms with E-state index < -0.39 is 0 Å². The third-order valence-electron chi connectivity index (χ3n) is 7.10. The van der Waals surface area contributed by atoms with Crippen molar-refractivity contribution in [3.63, 3.8) is 0 Å². The van der Waals surface area contributed by atoms with Crippen molar-refractivity contribution >= 4 is 11.2 Å². The highest BCUT2D eigenvalue weighted by Gasteiger charge is 2.25. The van der Waals surface area contributed by atoms with Gasteiger partial charge in [-0.3, -0.25) is 23.8 Å². The maximum atomic E-state index is 12.5. The quantitative estimate of drug-likeness (QED) is 0.287. The molecule has 0 saturated carbocycles. The van der Waals surface area contributed by atoms with Crippen LogP contribution in [0.4, 0.5) is 0 Å². The lowest BCUT2D eigenvalue weighted by Gasteiger charge is -2.24. The molecule has 1 unspecified atom stereocenters. The summed E-state index contributed by atoms with van der Waals surface area (Å²) in [7, 11) is 5.05. The summed E-state index contributed by atoms with van der Waals surface area (Å²) in [6.45, 7) is 14.4. The van der Waals surface area contributed by atoms with E-state index in [-0.39, 0.29) is 11.2 Å². The van der Waals surface area contributed by atoms with Crippen molar-refractivity contribution < 1.29 is 0 Å². The molecule has 1 aliphatic rings. The van der Waals surface area contributed by atoms with E-state index in [4.69, 9.17) is 0 Å². The fraction of sp³-hybridized carbons (Fsp3) is 0.677. The van der Waals surface area contributed by atoms with Crippen molar-refractivity contribution in [3.05, 3.63) is 56.8 Å². The molecule has 4 heterocycles. The molecule has 1 fully saturated rings. The molecule has 8 heteroatoms. The number of unbranched alkanes of at least 4 members (excludes halogenated alkanes) is 5. The number of fused-ring (bicyclic) bond motifs is 1. The van der Waals surface area contributed by atoms with Crippen LogP contribution in [0.2, 0.25) is 0 Å². The second-order valence-electron chi connectivity index (χ2n) is 9.32. The molecular weight excluding hydrogens is 488 g/mol. The summed E-state index contributed by atoms with van der Waals surface area (Å²) in [6.07, 6.45) is 14.4. The Morgan fingerprint density at radius 3 is 2.13 bits per heavy atom. The molecular formula is C31H54N6O2. The number of aryl methyl sites for hydroxylation is 3. The predicted octanol–water partition coefficient (Wildman–Crippen LogP) is 6.16. The van der Waals surface area contributed by atoms with Gasteiger partial charge in [-0.15, -0.1) is 0 Å². The Kier molecular flexibility index (Phi) is 16.3. The lowest BCUT2D eigenvalue weighted by atomic mass is 10.1. The van der Waals surface area contributed by atoms with Crippen molar-refractivity contribution in [1.82, 2.24) is 28.6 Å². The molecule has 0 amide bonds. The van der Waals surface area contributed by atoms with Crippen molar-refractivity contribution in [2.45, 2.75) is 105 Å². The molecule has 220 valence electrons. The van der Waals surface area contributed by atoms with Crippen LogP contribution < -0.4 is 11.2 Å². The highest BCUT2D eigenvalue weighted by Crippen LogP contribution is 2.31. The van der Waals surface area contributed by atoms with Gasteiger partial charge in [0, 0.05) is 46.0 Å². The Morgan fingerprint density at radius 1 is 0.846 bits per heavy atom. The molecule has 0 N–H and O–H groups in total. The van der Waals surface area contributed by atoms with Gasteiger partial charge < -0.3 is 4.57 Å². The molecule has 0 radical (unpaired) electrons. The number of rotatable bonds is 10. The minimum absolute atomic E-state index is 0.280. The topological polar surface area (TPSA) is 78.0 Å². The molecule has 0 aromatic carbocycles. The third kappa shape index (κ3) is 8.88. The summed E-state index contributed by atoms with van der Waals surface area (Å²) in [5.74, 6) is 0.874. The predicted molar refractivity (Wildman–Crippen MR) is 164 cm³/mol. The SMILES string of the molecule is CC.CC.CC.Cn1c(=O)c2c(nc(CCCCCCCCN3CCCC3c3cccnc3)n2C)n(C)c1=O. The zero-order valence-electron chi connectivity index (χ0n) is 26.2. The first kappa shape index (κ1) is 34.3. The minimum Gasteiger partial charge on any atom is -0.325 e. The molecule has 1 atom stereocenters. The van der Waals surface area contributed by atoms with Crippen LogP contribution in [0.15, 0.2) is 34.1 Å². The van der Waals surface area contributed by atoms with E-state index in [9.17, 15) is 9.59 Å². The standard InChI is InChI=1S/C25H36N6O2.3C2H6/c1-28-21(27-23-22(28)24(32)30(3)25(33)29(23)2)14-8-6-4-5-7-9-16-31-17-11-13-20(31)19-12-10-15-26-18-19;3*1-2/h10,12,15,18,20H,4-9,11,13-14,16-17H2,1-3H3;3*1-2H3. The third-order valence-corrected chi connectivity index (χ3v) is 7.10. The summed E-state index contributed by atoms with van der Waals surface area (Å²) in [6, 6.07) is 4.79. The van der Waals surface area contributed by atoms with Crippen LogP contribution in [0.1, 0.15) is 110 Å². The average Bonchev–Trinajstić information content (AvgIpc) is 3.60. The number of likely N-dealkylation sites (tertiary alicyclic amines) is 1. The van der Waals surface area contributed by atoms with Crippen LogP contribution in [0.5, 0.6) is 0 Å². The minimum atomic E-state index is -0.335. The number of pyridine rings is 1. The van der Waals surface area contributed by atoms with Gasteiger partial charge in [-0.2, -0.15) is 0 Å². The first-order valence-corrected chi connectivity index (χ1v) is 15.2. The number of imidazole rings is 1. The summed E-state index contributed by atoms with van der Waals surface area (Å²) in [5, 5.41) is 0. The smallest absolute Gasteiger partial charge is 0.325 e. The fourth-order valence-corrected chi connectivity index (χ4v) is 5.14. The number of hydrogen-bond donors (Lipinski definition) is 0. The molecule has 0 aliphatic carbocycles. The van der Waals surface area contributed by atoms with Gasteiger partial charge in [0.15, 0.2) is 11.2 Å². The molecule has 0 spiro atoms. The number of hydrogen-bond acceptors (Lipinski definition) is 5. The van der Waals surface area contributed by atoms with Gasteiger partial charge in [0.2, 0.25) is 0 Å². The van der Waals surface area contributed by atoms with Gasteiger partial charge in [0.05, 0.1) is 0 Å². The summed E-state index contributed by atoms with van der Waals surface area (Å²) < 4.78 is 4.46. The van der Waals surface area contributed by atoms with Gasteiger partial charge in [0.25, 0.3) is 5.56 Å². The summed E-state index contributed by atoms with van der Waals surface area (Å²) in [5.41, 5.74) is 1.72. The fourth-order valence-electron chi connectivity index (χ4n) is 5.14. The molecule has 1 saturated heterocycles. The van der Waals surface area contributed by atoms with Crippen molar-refractivity contribution in [2.75, 3.05) is 13.1 Å². The van der Waals surface area contributed by atoms with E-state index in [1.807, 2.05) is 71.6 Å². The van der Waals surface area contributed by atoms with Crippen molar-refractivity contribution in [3.8, 4) is 0 Å². The first-order valence-electron chi connectivity index (χ1n) is 15.2. The van der Waals surface area contributed by atoms with Crippen molar-refractivity contribution in [2.24, 2.45) is 21.1 Å². The van der Waals surface area contributed by atoms with Crippen LogP contribution in [0, 0.1) is 0 Å². The van der Waals surface area contributed by atoms with Gasteiger partial charge in [-0.05, 0) is 50.4 Å². The monoisotopic (exact) mass is 542 g/mol. The zero-order chi connectivity index (χ0) is 29.4. The first-order chi connectivity index (χ1) is 19.0. The Morgan fingerprint density at radius 2 is 1.49 bits per heavy atom. The highest BCUT2D eigenvalue weighted by molar-refractivity contribution is 5.70. The van der Waals surface area contributed by atoms with Crippen molar-refractivity contribution in [1.29, 1.82) is 0 Å². The second kappa shape index (κ2) is 18.5. The van der Waals surface area contributed by atoms with E-state index in [1.54, 1.807) is 7.05 Å². The van der Waals surface area contributed by atoms with E-state index in [1.165, 1.54) is 68.8 Å². The molecule has 4 rings (SSSR count). The van der Waals surface area contributed by atoms with Gasteiger partial charge >= 0.3 is 5.69 Å². The maximum Gasteiger partial charge on any atom is 0.332 e. The molecule has 0 bridgehead atoms. The van der Waals surface area contributed by atoms with Crippen LogP contribution in [0.3, 0.4) is 0 Å². The Hall–Kier alpha value is -2.74. The van der Waals surface area contributed by atoms with E-state index in [2.05, 4.69) is 20.9 Å². The largest absolute Gasteiger partial charge is 0.332 e. The Balaban J connectivity index is 0.00000119. The average molecular weight is 543 g/mol. The highest BCUT2D eigenvalue weighted by atomic mass is 16.2. The molecule has 8 nitrogen and oxygen atoms in total. The van der Waals surface area contributed by atoms with Gasteiger partial charge in [-0.1, -0.05) is 73.3 Å². The molecule has 1 aliphatic heterocycles. The molecule has 3 aromatic heterocycles. The zero-order valence-corrected chi connectivity index (χ0v) is 26.2. The molecule has 3 aromatic rings. The van der Waals surface area contributed by atoms with E-state index in [0.29, 0.717) is 17.2 Å². The second-order valence-corrected chi connectivity index (χ2v) is 9.32. The number of nitrogens with zero attached hydrogens (tertiary/aromatic N) is 6. The lowest BCUT2D eigenvalue weighted by Crippen LogP contribution is -2.37. The summed E-state index contributed by atoms with van der Waals surface area (Å²) in [4.78, 5) is 36.2. The normalized spacial score (nSPS) is 14.6. The Bertz CT molecular complexity index is 1200. The van der Waals surface area contributed by atoms with E-state index in [0.717, 1.165) is 29.7 Å².